The standard InChI is InChI=1S/C7H12FIN2/c8-6-3-10(4-6)7-1-2-11(9)5-7/h6-7H,1-5H2. The number of likely N-dealkylation sites (tertiary alicyclic amines) is 1. The lowest BCUT2D eigenvalue weighted by Crippen LogP contribution is -2.54. The first-order valence-electron chi connectivity index (χ1n) is 4.04. The summed E-state index contributed by atoms with van der Waals surface area (Å²) in [5, 5.41) is 0. The van der Waals surface area contributed by atoms with Crippen molar-refractivity contribution in [3.05, 3.63) is 0 Å². The van der Waals surface area contributed by atoms with Crippen LogP contribution in [-0.2, 0) is 0 Å². The molecule has 2 fully saturated rings. The zero-order valence-corrected chi connectivity index (χ0v) is 8.50. The fraction of sp³-hybridized carbons (Fsp3) is 1.00. The zero-order chi connectivity index (χ0) is 7.84. The van der Waals surface area contributed by atoms with E-state index in [1.807, 2.05) is 0 Å². The molecule has 0 aromatic rings. The fourth-order valence-electron chi connectivity index (χ4n) is 1.75. The molecule has 4 heteroatoms. The molecule has 2 aliphatic rings. The number of halogens is 2. The van der Waals surface area contributed by atoms with E-state index < -0.39 is 6.17 Å². The lowest BCUT2D eigenvalue weighted by molar-refractivity contribution is 0.0330. The SMILES string of the molecule is FC1CN(C2CCN(I)C2)C1. The molecule has 0 amide bonds. The van der Waals surface area contributed by atoms with Gasteiger partial charge >= 0.3 is 0 Å². The van der Waals surface area contributed by atoms with Crippen LogP contribution < -0.4 is 0 Å². The molecule has 2 heterocycles. The quantitative estimate of drug-likeness (QED) is 0.519. The van der Waals surface area contributed by atoms with Crippen LogP contribution >= 0.6 is 22.9 Å². The molecular weight excluding hydrogens is 258 g/mol. The molecule has 0 aliphatic carbocycles. The Balaban J connectivity index is 1.79. The maximum Gasteiger partial charge on any atom is 0.125 e. The highest BCUT2D eigenvalue weighted by molar-refractivity contribution is 14.1. The van der Waals surface area contributed by atoms with E-state index in [0.717, 1.165) is 6.54 Å². The van der Waals surface area contributed by atoms with Gasteiger partial charge in [0.2, 0.25) is 0 Å². The van der Waals surface area contributed by atoms with E-state index in [1.165, 1.54) is 13.0 Å². The normalized spacial score (nSPS) is 36.0. The molecule has 64 valence electrons. The van der Waals surface area contributed by atoms with Crippen molar-refractivity contribution in [3.63, 3.8) is 0 Å². The predicted octanol–water partition coefficient (Wildman–Crippen LogP) is 1.06. The van der Waals surface area contributed by atoms with E-state index in [-0.39, 0.29) is 0 Å². The minimum absolute atomic E-state index is 0.543. The summed E-state index contributed by atoms with van der Waals surface area (Å²) in [5.74, 6) is 0. The van der Waals surface area contributed by atoms with E-state index in [2.05, 4.69) is 30.9 Å². The molecule has 2 rings (SSSR count). The second kappa shape index (κ2) is 3.14. The molecule has 2 nitrogen and oxygen atoms in total. The van der Waals surface area contributed by atoms with Gasteiger partial charge in [0.25, 0.3) is 0 Å². The predicted molar refractivity (Wildman–Crippen MR) is 50.5 cm³/mol. The molecule has 0 aromatic heterocycles. The molecular formula is C7H12FIN2. The highest BCUT2D eigenvalue weighted by atomic mass is 127. The molecule has 0 aromatic carbocycles. The van der Waals surface area contributed by atoms with Gasteiger partial charge in [0.05, 0.1) is 0 Å². The largest absolute Gasteiger partial charge is 0.293 e. The van der Waals surface area contributed by atoms with Gasteiger partial charge in [-0.2, -0.15) is 0 Å². The van der Waals surface area contributed by atoms with Crippen LogP contribution in [0.4, 0.5) is 4.39 Å². The summed E-state index contributed by atoms with van der Waals surface area (Å²) in [4.78, 5) is 2.25. The molecule has 2 aliphatic heterocycles. The summed E-state index contributed by atoms with van der Waals surface area (Å²) in [6, 6.07) is 0.638. The van der Waals surface area contributed by atoms with Crippen molar-refractivity contribution in [1.82, 2.24) is 8.01 Å². The topological polar surface area (TPSA) is 6.48 Å². The maximum atomic E-state index is 12.5. The first-order valence-corrected chi connectivity index (χ1v) is 5.01. The van der Waals surface area contributed by atoms with Crippen molar-refractivity contribution < 1.29 is 4.39 Å². The number of alkyl halides is 1. The van der Waals surface area contributed by atoms with Gasteiger partial charge in [-0.1, -0.05) is 0 Å². The van der Waals surface area contributed by atoms with Gasteiger partial charge in [0.1, 0.15) is 6.17 Å². The minimum Gasteiger partial charge on any atom is -0.293 e. The van der Waals surface area contributed by atoms with Gasteiger partial charge in [-0.25, -0.2) is 7.50 Å². The van der Waals surface area contributed by atoms with Crippen LogP contribution in [0.2, 0.25) is 0 Å². The third kappa shape index (κ3) is 1.67. The summed E-state index contributed by atoms with van der Waals surface area (Å²) in [6.45, 7) is 3.64. The van der Waals surface area contributed by atoms with Gasteiger partial charge in [0, 0.05) is 55.1 Å². The van der Waals surface area contributed by atoms with Gasteiger partial charge in [-0.05, 0) is 6.42 Å². The molecule has 11 heavy (non-hydrogen) atoms. The average molecular weight is 270 g/mol. The van der Waals surface area contributed by atoms with E-state index >= 15 is 0 Å². The molecule has 2 saturated heterocycles. The van der Waals surface area contributed by atoms with Gasteiger partial charge in [-0.15, -0.1) is 0 Å². The van der Waals surface area contributed by atoms with E-state index in [0.29, 0.717) is 19.1 Å². The van der Waals surface area contributed by atoms with Gasteiger partial charge in [-0.3, -0.25) is 4.90 Å². The second-order valence-corrected chi connectivity index (χ2v) is 4.73. The van der Waals surface area contributed by atoms with Crippen LogP contribution in [0.1, 0.15) is 6.42 Å². The van der Waals surface area contributed by atoms with Crippen molar-refractivity contribution in [2.45, 2.75) is 18.6 Å². The average Bonchev–Trinajstić information content (AvgIpc) is 2.29. The zero-order valence-electron chi connectivity index (χ0n) is 6.34. The lowest BCUT2D eigenvalue weighted by atomic mass is 10.1. The first-order chi connectivity index (χ1) is 5.25. The molecule has 0 bridgehead atoms. The van der Waals surface area contributed by atoms with Crippen molar-refractivity contribution in [3.8, 4) is 0 Å². The van der Waals surface area contributed by atoms with Crippen molar-refractivity contribution in [1.29, 1.82) is 0 Å². The monoisotopic (exact) mass is 270 g/mol. The van der Waals surface area contributed by atoms with E-state index in [9.17, 15) is 4.39 Å². The second-order valence-electron chi connectivity index (χ2n) is 3.36. The van der Waals surface area contributed by atoms with E-state index in [4.69, 9.17) is 0 Å². The lowest BCUT2D eigenvalue weighted by Gasteiger charge is -2.38. The van der Waals surface area contributed by atoms with Crippen LogP contribution in [-0.4, -0.2) is 46.4 Å². The summed E-state index contributed by atoms with van der Waals surface area (Å²) in [7, 11) is 0. The number of hydrogen-bond acceptors (Lipinski definition) is 2. The number of hydrogen-bond donors (Lipinski definition) is 0. The Kier molecular flexibility index (Phi) is 2.34. The Labute approximate surface area is 80.2 Å². The van der Waals surface area contributed by atoms with Gasteiger partial charge < -0.3 is 0 Å². The highest BCUT2D eigenvalue weighted by Crippen LogP contribution is 2.23. The van der Waals surface area contributed by atoms with Crippen molar-refractivity contribution >= 4 is 22.9 Å². The Bertz CT molecular complexity index is 149. The van der Waals surface area contributed by atoms with Crippen molar-refractivity contribution in [2.24, 2.45) is 0 Å². The first kappa shape index (κ1) is 8.19. The molecule has 0 spiro atoms. The van der Waals surface area contributed by atoms with Gasteiger partial charge in [0.15, 0.2) is 0 Å². The molecule has 0 saturated carbocycles. The Morgan fingerprint density at radius 2 is 2.00 bits per heavy atom. The highest BCUT2D eigenvalue weighted by Gasteiger charge is 2.35. The van der Waals surface area contributed by atoms with Crippen LogP contribution in [0.15, 0.2) is 0 Å². The summed E-state index contributed by atoms with van der Waals surface area (Å²) in [5.41, 5.74) is 0. The van der Waals surface area contributed by atoms with Crippen LogP contribution in [0.3, 0.4) is 0 Å². The summed E-state index contributed by atoms with van der Waals surface area (Å²) >= 11 is 2.34. The number of nitrogens with zero attached hydrogens (tertiary/aromatic N) is 2. The molecule has 0 N–H and O–H groups in total. The van der Waals surface area contributed by atoms with Crippen LogP contribution in [0, 0.1) is 0 Å². The van der Waals surface area contributed by atoms with E-state index in [1.54, 1.807) is 0 Å². The Morgan fingerprint density at radius 1 is 1.27 bits per heavy atom. The Morgan fingerprint density at radius 3 is 2.45 bits per heavy atom. The Hall–Kier alpha value is 0.580. The third-order valence-corrected chi connectivity index (χ3v) is 3.37. The van der Waals surface area contributed by atoms with Crippen LogP contribution in [0.25, 0.3) is 0 Å². The molecule has 1 unspecified atom stereocenters. The smallest absolute Gasteiger partial charge is 0.125 e. The maximum absolute atomic E-state index is 12.5. The number of rotatable bonds is 1. The van der Waals surface area contributed by atoms with Crippen molar-refractivity contribution in [2.75, 3.05) is 26.2 Å². The molecule has 0 radical (unpaired) electrons. The summed E-state index contributed by atoms with van der Waals surface area (Å²) in [6.07, 6.45) is 0.675. The summed E-state index contributed by atoms with van der Waals surface area (Å²) < 4.78 is 14.7. The minimum atomic E-state index is -0.543. The van der Waals surface area contributed by atoms with Crippen LogP contribution in [0.5, 0.6) is 0 Å². The molecule has 1 atom stereocenters. The fourth-order valence-corrected chi connectivity index (χ4v) is 2.49. The third-order valence-electron chi connectivity index (χ3n) is 2.50.